The van der Waals surface area contributed by atoms with Crippen molar-refractivity contribution in [2.75, 3.05) is 0 Å². The van der Waals surface area contributed by atoms with Gasteiger partial charge in [0.25, 0.3) is 11.1 Å². The first kappa shape index (κ1) is 20.2. The third-order valence-corrected chi connectivity index (χ3v) is 5.69. The number of carbonyl (C=O) groups is 3. The molecule has 0 unspecified atom stereocenters. The maximum Gasteiger partial charge on any atom is 0.293 e. The number of thioether (sulfide) groups is 1. The number of aromatic carboxylic acids is 1. The van der Waals surface area contributed by atoms with Gasteiger partial charge in [0.15, 0.2) is 0 Å². The summed E-state index contributed by atoms with van der Waals surface area (Å²) in [6, 6.07) is 18.6. The fourth-order valence-corrected chi connectivity index (χ4v) is 4.04. The molecular formula is C23H14N3O4S-. The molecule has 1 aliphatic heterocycles. The first-order valence-electron chi connectivity index (χ1n) is 9.20. The molecule has 152 valence electrons. The van der Waals surface area contributed by atoms with Gasteiger partial charge in [-0.1, -0.05) is 30.3 Å². The predicted octanol–water partition coefficient (Wildman–Crippen LogP) is 2.95. The average molecular weight is 428 g/mol. The lowest BCUT2D eigenvalue weighted by Gasteiger charge is -2.13. The Labute approximate surface area is 181 Å². The molecule has 1 aliphatic rings. The molecule has 1 saturated heterocycles. The van der Waals surface area contributed by atoms with Gasteiger partial charge in [-0.3, -0.25) is 14.5 Å². The lowest BCUT2D eigenvalue weighted by molar-refractivity contribution is -0.255. The molecule has 0 bridgehead atoms. The van der Waals surface area contributed by atoms with E-state index in [9.17, 15) is 24.8 Å². The van der Waals surface area contributed by atoms with Gasteiger partial charge in [0.05, 0.1) is 29.1 Å². The van der Waals surface area contributed by atoms with Gasteiger partial charge in [0, 0.05) is 17.6 Å². The molecule has 7 nitrogen and oxygen atoms in total. The number of amides is 2. The summed E-state index contributed by atoms with van der Waals surface area (Å²) in [5.41, 5.74) is 2.44. The Kier molecular flexibility index (Phi) is 5.43. The molecule has 0 N–H and O–H groups in total. The van der Waals surface area contributed by atoms with Gasteiger partial charge in [-0.25, -0.2) is 0 Å². The van der Waals surface area contributed by atoms with Gasteiger partial charge < -0.3 is 14.5 Å². The van der Waals surface area contributed by atoms with Crippen LogP contribution in [0.5, 0.6) is 0 Å². The zero-order valence-electron chi connectivity index (χ0n) is 16.0. The number of aromatic nitrogens is 1. The fourth-order valence-electron chi connectivity index (χ4n) is 3.21. The summed E-state index contributed by atoms with van der Waals surface area (Å²) >= 11 is 0.839. The van der Waals surface area contributed by atoms with Crippen molar-refractivity contribution in [1.29, 1.82) is 5.26 Å². The second-order valence-electron chi connectivity index (χ2n) is 6.67. The number of nitrogens with zero attached hydrogens (tertiary/aromatic N) is 3. The molecule has 4 rings (SSSR count). The van der Waals surface area contributed by atoms with Crippen molar-refractivity contribution < 1.29 is 19.5 Å². The fraction of sp³-hybridized carbons (Fsp3) is 0.0435. The lowest BCUT2D eigenvalue weighted by Crippen LogP contribution is -2.27. The minimum absolute atomic E-state index is 0.0252. The number of rotatable bonds is 5. The number of hydrogen-bond donors (Lipinski definition) is 0. The molecule has 0 saturated carbocycles. The third kappa shape index (κ3) is 3.99. The monoisotopic (exact) mass is 428 g/mol. The maximum absolute atomic E-state index is 12.9. The topological polar surface area (TPSA) is 106 Å². The van der Waals surface area contributed by atoms with E-state index in [1.54, 1.807) is 65.4 Å². The smallest absolute Gasteiger partial charge is 0.293 e. The van der Waals surface area contributed by atoms with Crippen LogP contribution in [0.15, 0.2) is 71.8 Å². The number of hydrogen-bond acceptors (Lipinski definition) is 6. The maximum atomic E-state index is 12.9. The van der Waals surface area contributed by atoms with Gasteiger partial charge in [-0.15, -0.1) is 0 Å². The Hall–Kier alpha value is -4.09. The Balaban J connectivity index is 1.60. The zero-order valence-corrected chi connectivity index (χ0v) is 16.8. The second kappa shape index (κ2) is 8.34. The number of nitriles is 1. The second-order valence-corrected chi connectivity index (χ2v) is 7.67. The highest BCUT2D eigenvalue weighted by Crippen LogP contribution is 2.34. The lowest BCUT2D eigenvalue weighted by atomic mass is 10.1. The van der Waals surface area contributed by atoms with Crippen molar-refractivity contribution in [2.24, 2.45) is 0 Å². The average Bonchev–Trinajstić information content (AvgIpc) is 3.34. The van der Waals surface area contributed by atoms with Crippen molar-refractivity contribution >= 4 is 35.0 Å². The Morgan fingerprint density at radius 1 is 1.06 bits per heavy atom. The van der Waals surface area contributed by atoms with Crippen LogP contribution in [0, 0.1) is 11.3 Å². The van der Waals surface area contributed by atoms with Crippen LogP contribution in [-0.2, 0) is 11.3 Å². The van der Waals surface area contributed by atoms with E-state index in [4.69, 9.17) is 0 Å². The normalized spacial score (nSPS) is 14.8. The quantitative estimate of drug-likeness (QED) is 0.579. The largest absolute Gasteiger partial charge is 0.545 e. The van der Waals surface area contributed by atoms with E-state index in [0.717, 1.165) is 16.7 Å². The van der Waals surface area contributed by atoms with E-state index in [0.29, 0.717) is 22.5 Å². The highest BCUT2D eigenvalue weighted by atomic mass is 32.2. The van der Waals surface area contributed by atoms with Crippen LogP contribution < -0.4 is 5.11 Å². The number of benzene rings is 2. The standard InChI is InChI=1S/C23H15N3O4S/c24-13-16-4-1-2-5-17(16)14-26-21(27)20(31-23(26)30)12-19-6-3-11-25(19)18-9-7-15(8-10-18)22(28)29/h1-12H,14H2,(H,28,29)/p-1/b20-12+. The van der Waals surface area contributed by atoms with Crippen LogP contribution in [-0.4, -0.2) is 26.6 Å². The highest BCUT2D eigenvalue weighted by molar-refractivity contribution is 8.18. The summed E-state index contributed by atoms with van der Waals surface area (Å²) in [5, 5.41) is 19.8. The first-order chi connectivity index (χ1) is 15.0. The Morgan fingerprint density at radius 3 is 2.52 bits per heavy atom. The van der Waals surface area contributed by atoms with E-state index in [1.807, 2.05) is 0 Å². The van der Waals surface area contributed by atoms with Crippen LogP contribution in [0.25, 0.3) is 11.8 Å². The molecule has 8 heteroatoms. The molecule has 0 radical (unpaired) electrons. The van der Waals surface area contributed by atoms with Crippen LogP contribution in [0.3, 0.4) is 0 Å². The van der Waals surface area contributed by atoms with Crippen molar-refractivity contribution in [3.05, 3.63) is 94.1 Å². The van der Waals surface area contributed by atoms with Crippen LogP contribution in [0.2, 0.25) is 0 Å². The summed E-state index contributed by atoms with van der Waals surface area (Å²) in [5.74, 6) is -1.69. The zero-order chi connectivity index (χ0) is 22.0. The van der Waals surface area contributed by atoms with Crippen molar-refractivity contribution in [2.45, 2.75) is 6.54 Å². The molecule has 0 spiro atoms. The summed E-state index contributed by atoms with van der Waals surface area (Å²) in [6.07, 6.45) is 3.39. The third-order valence-electron chi connectivity index (χ3n) is 4.78. The van der Waals surface area contributed by atoms with Crippen LogP contribution in [0.1, 0.15) is 27.2 Å². The molecule has 1 fully saturated rings. The molecule has 2 aromatic carbocycles. The SMILES string of the molecule is N#Cc1ccccc1CN1C(=O)S/C(=C/c2cccn2-c2ccc(C(=O)[O-])cc2)C1=O. The predicted molar refractivity (Wildman–Crippen MR) is 113 cm³/mol. The minimum atomic E-state index is -1.26. The summed E-state index contributed by atoms with van der Waals surface area (Å²) in [4.78, 5) is 37.7. The molecule has 0 atom stereocenters. The number of carboxylic acids is 1. The van der Waals surface area contributed by atoms with E-state index >= 15 is 0 Å². The van der Waals surface area contributed by atoms with Gasteiger partial charge in [0.2, 0.25) is 0 Å². The molecule has 0 aliphatic carbocycles. The summed E-state index contributed by atoms with van der Waals surface area (Å²) in [6.45, 7) is 0.0252. The van der Waals surface area contributed by atoms with E-state index in [1.165, 1.54) is 12.1 Å². The highest BCUT2D eigenvalue weighted by Gasteiger charge is 2.35. The molecule has 2 heterocycles. The summed E-state index contributed by atoms with van der Waals surface area (Å²) in [7, 11) is 0. The first-order valence-corrected chi connectivity index (χ1v) is 10.0. The van der Waals surface area contributed by atoms with E-state index in [-0.39, 0.29) is 17.0 Å². The minimum Gasteiger partial charge on any atom is -0.545 e. The Morgan fingerprint density at radius 2 is 1.81 bits per heavy atom. The van der Waals surface area contributed by atoms with Crippen molar-refractivity contribution in [3.8, 4) is 11.8 Å². The van der Waals surface area contributed by atoms with Crippen molar-refractivity contribution in [3.63, 3.8) is 0 Å². The number of carbonyl (C=O) groups excluding carboxylic acids is 3. The number of imide groups is 1. The van der Waals surface area contributed by atoms with Crippen LogP contribution in [0.4, 0.5) is 4.79 Å². The van der Waals surface area contributed by atoms with E-state index in [2.05, 4.69) is 6.07 Å². The molecule has 3 aromatic rings. The van der Waals surface area contributed by atoms with E-state index < -0.39 is 17.1 Å². The summed E-state index contributed by atoms with van der Waals surface area (Å²) < 4.78 is 1.78. The molecular weight excluding hydrogens is 414 g/mol. The number of carboxylic acid groups (broad SMARTS) is 1. The van der Waals surface area contributed by atoms with Crippen LogP contribution >= 0.6 is 11.8 Å². The molecule has 31 heavy (non-hydrogen) atoms. The Bertz CT molecular complexity index is 1270. The van der Waals surface area contributed by atoms with Crippen molar-refractivity contribution in [1.82, 2.24) is 9.47 Å². The van der Waals surface area contributed by atoms with Gasteiger partial charge >= 0.3 is 0 Å². The van der Waals surface area contributed by atoms with Gasteiger partial charge in [0.1, 0.15) is 0 Å². The van der Waals surface area contributed by atoms with Gasteiger partial charge in [-0.2, -0.15) is 5.26 Å². The van der Waals surface area contributed by atoms with Gasteiger partial charge in [-0.05, 0) is 59.3 Å². The molecule has 1 aromatic heterocycles. The molecule has 2 amide bonds.